The minimum Gasteiger partial charge on any atom is -0.152 e. The molecule has 24 heavy (non-hydrogen) atoms. The van der Waals surface area contributed by atoms with Crippen molar-refractivity contribution in [2.24, 2.45) is 0 Å². The van der Waals surface area contributed by atoms with E-state index in [0.717, 1.165) is 9.52 Å². The molecular weight excluding hydrogens is 353 g/mol. The summed E-state index contributed by atoms with van der Waals surface area (Å²) in [6.45, 7) is 26.0. The molecule has 0 aromatic heterocycles. The van der Waals surface area contributed by atoms with Crippen LogP contribution in [-0.4, -0.2) is 33.7 Å². The quantitative estimate of drug-likeness (QED) is 0.362. The van der Waals surface area contributed by atoms with Gasteiger partial charge < -0.3 is 0 Å². The molecule has 1 aromatic rings. The zero-order valence-corrected chi connectivity index (χ0v) is 21.5. The Morgan fingerprint density at radius 3 is 1.62 bits per heavy atom. The molecule has 0 aliphatic carbocycles. The third kappa shape index (κ3) is 4.65. The molecule has 0 unspecified atom stereocenters. The van der Waals surface area contributed by atoms with Crippen molar-refractivity contribution in [1.82, 2.24) is 0 Å². The normalized spacial score (nSPS) is 14.7. The lowest BCUT2D eigenvalue weighted by Crippen LogP contribution is -2.68. The minimum absolute atomic E-state index is 0.637. The monoisotopic (exact) mass is 389 g/mol. The summed E-state index contributed by atoms with van der Waals surface area (Å²) in [5.41, 5.74) is 1.31. The molecule has 0 saturated carbocycles. The number of rotatable bonds is 7. The number of allylic oxidation sites excluding steroid dienone is 2. The number of hydrogen-bond acceptors (Lipinski definition) is 0. The van der Waals surface area contributed by atoms with Crippen molar-refractivity contribution in [3.63, 3.8) is 0 Å². The molecule has 0 aliphatic rings. The first-order valence-corrected chi connectivity index (χ1v) is 20.6. The van der Waals surface area contributed by atoms with Crippen molar-refractivity contribution in [2.75, 3.05) is 0 Å². The van der Waals surface area contributed by atoms with Crippen LogP contribution in [0.1, 0.15) is 12.5 Å². The predicted molar refractivity (Wildman–Crippen MR) is 122 cm³/mol. The summed E-state index contributed by atoms with van der Waals surface area (Å²) in [4.78, 5) is 0. The third-order valence-corrected chi connectivity index (χ3v) is 34.1. The van der Waals surface area contributed by atoms with Gasteiger partial charge in [-0.2, -0.15) is 5.20 Å². The molecular formula is C20H37Si4-. The summed E-state index contributed by atoms with van der Waals surface area (Å²) in [6.07, 6.45) is 4.69. The molecule has 0 nitrogen and oxygen atoms in total. The fourth-order valence-electron chi connectivity index (χ4n) is 5.06. The average Bonchev–Trinajstić information content (AvgIpc) is 2.39. The van der Waals surface area contributed by atoms with E-state index in [1.54, 1.807) is 5.20 Å². The summed E-state index contributed by atoms with van der Waals surface area (Å²) in [5.74, 6) is 0. The number of hydrogen-bond donors (Lipinski definition) is 0. The van der Waals surface area contributed by atoms with E-state index < -0.39 is 24.2 Å². The van der Waals surface area contributed by atoms with Gasteiger partial charge in [-0.1, -0.05) is 75.8 Å². The summed E-state index contributed by atoms with van der Waals surface area (Å²) in [6, 6.07) is 10.7. The molecule has 0 atom stereocenters. The predicted octanol–water partition coefficient (Wildman–Crippen LogP) is 6.64. The zero-order chi connectivity index (χ0) is 18.8. The average molecular weight is 390 g/mol. The van der Waals surface area contributed by atoms with Gasteiger partial charge in [0.1, 0.15) is 0 Å². The van der Waals surface area contributed by atoms with E-state index in [-0.39, 0.29) is 0 Å². The second-order valence-electron chi connectivity index (χ2n) is 10.1. The Balaban J connectivity index is 3.22. The van der Waals surface area contributed by atoms with Crippen molar-refractivity contribution in [1.29, 1.82) is 0 Å². The van der Waals surface area contributed by atoms with E-state index in [1.165, 1.54) is 5.56 Å². The van der Waals surface area contributed by atoms with Crippen LogP contribution in [-0.2, 0) is 0 Å². The first-order valence-electron chi connectivity index (χ1n) is 9.07. The van der Waals surface area contributed by atoms with E-state index in [0.29, 0.717) is 3.91 Å². The lowest BCUT2D eigenvalue weighted by Gasteiger charge is -2.60. The molecule has 0 spiro atoms. The molecule has 1 rings (SSSR count). The topological polar surface area (TPSA) is 0 Å². The summed E-state index contributed by atoms with van der Waals surface area (Å²) < 4.78 is 0.637. The summed E-state index contributed by atoms with van der Waals surface area (Å²) in [7, 11) is -2.90. The molecule has 4 heteroatoms. The Morgan fingerprint density at radius 1 is 0.833 bits per heavy atom. The highest BCUT2D eigenvalue weighted by molar-refractivity contribution is 7.24. The Morgan fingerprint density at radius 2 is 1.25 bits per heavy atom. The van der Waals surface area contributed by atoms with Crippen molar-refractivity contribution < 1.29 is 0 Å². The molecule has 0 fully saturated rings. The van der Waals surface area contributed by atoms with Crippen molar-refractivity contribution >= 4 is 33.7 Å². The summed E-state index contributed by atoms with van der Waals surface area (Å²) >= 11 is 0. The summed E-state index contributed by atoms with van der Waals surface area (Å²) in [5, 5.41) is 1.59. The standard InChI is InChI=1S/C20H37Si4/c1-18(16-17-19-14-12-11-13-15-19)21-20(22(2,3)4,23(5,6)7)24(8,9)10/h11-17H,1-10H3/q-1/b18-16+. The maximum absolute atomic E-state index is 2.63. The Labute approximate surface area is 157 Å². The fraction of sp³-hybridized carbons (Fsp3) is 0.550. The molecule has 0 heterocycles. The van der Waals surface area contributed by atoms with Gasteiger partial charge in [-0.3, -0.25) is 0 Å². The van der Waals surface area contributed by atoms with E-state index in [4.69, 9.17) is 0 Å². The van der Waals surface area contributed by atoms with E-state index in [1.807, 2.05) is 0 Å². The van der Waals surface area contributed by atoms with Gasteiger partial charge in [0.15, 0.2) is 0 Å². The Kier molecular flexibility index (Phi) is 6.81. The highest BCUT2D eigenvalue weighted by atomic mass is 28.5. The van der Waals surface area contributed by atoms with Gasteiger partial charge in [-0.05, 0) is 0 Å². The van der Waals surface area contributed by atoms with Gasteiger partial charge in [0.2, 0.25) is 0 Å². The molecule has 0 saturated heterocycles. The van der Waals surface area contributed by atoms with Gasteiger partial charge in [-0.15, -0.1) is 42.3 Å². The van der Waals surface area contributed by atoms with Crippen molar-refractivity contribution in [3.05, 3.63) is 53.6 Å². The Hall–Kier alpha value is -0.302. The van der Waals surface area contributed by atoms with Crippen molar-refractivity contribution in [3.8, 4) is 0 Å². The fourth-order valence-corrected chi connectivity index (χ4v) is 39.1. The first-order chi connectivity index (χ1) is 10.7. The van der Waals surface area contributed by atoms with Crippen LogP contribution in [0.5, 0.6) is 0 Å². The van der Waals surface area contributed by atoms with Gasteiger partial charge in [0.25, 0.3) is 0 Å². The van der Waals surface area contributed by atoms with Crippen LogP contribution >= 0.6 is 0 Å². The SMILES string of the molecule is C/C(=C\[CH-]c1ccccc1)[Si]C([Si](C)(C)C)([Si](C)(C)C)[Si](C)(C)C. The largest absolute Gasteiger partial charge is 0.152 e. The van der Waals surface area contributed by atoms with Gasteiger partial charge in [0.05, 0.1) is 0 Å². The molecule has 0 bridgehead atoms. The second-order valence-corrected chi connectivity index (χ2v) is 30.6. The van der Waals surface area contributed by atoms with Crippen LogP contribution in [0.25, 0.3) is 0 Å². The molecule has 0 N–H and O–H groups in total. The second kappa shape index (κ2) is 7.52. The van der Waals surface area contributed by atoms with E-state index >= 15 is 0 Å². The van der Waals surface area contributed by atoms with Crippen LogP contribution < -0.4 is 0 Å². The molecule has 0 aliphatic heterocycles. The van der Waals surface area contributed by atoms with Crippen LogP contribution in [0.4, 0.5) is 0 Å². The van der Waals surface area contributed by atoms with Gasteiger partial charge in [0, 0.05) is 33.7 Å². The van der Waals surface area contributed by atoms with Gasteiger partial charge in [-0.25, -0.2) is 0 Å². The van der Waals surface area contributed by atoms with E-state index in [9.17, 15) is 0 Å². The molecule has 0 amide bonds. The smallest absolute Gasteiger partial charge is 0.0417 e. The lowest BCUT2D eigenvalue weighted by molar-refractivity contribution is 1.22. The van der Waals surface area contributed by atoms with Crippen LogP contribution in [0, 0.1) is 6.42 Å². The highest BCUT2D eigenvalue weighted by Crippen LogP contribution is 2.53. The van der Waals surface area contributed by atoms with Crippen LogP contribution in [0.15, 0.2) is 41.6 Å². The highest BCUT2D eigenvalue weighted by Gasteiger charge is 2.58. The molecule has 1 aromatic carbocycles. The van der Waals surface area contributed by atoms with E-state index in [2.05, 4.69) is 109 Å². The van der Waals surface area contributed by atoms with Crippen LogP contribution in [0.2, 0.25) is 62.8 Å². The van der Waals surface area contributed by atoms with Gasteiger partial charge >= 0.3 is 0 Å². The first kappa shape index (κ1) is 21.7. The maximum Gasteiger partial charge on any atom is 0.0417 e. The van der Waals surface area contributed by atoms with Crippen LogP contribution in [0.3, 0.4) is 0 Å². The number of benzene rings is 1. The zero-order valence-electron chi connectivity index (χ0n) is 17.5. The molecule has 134 valence electrons. The third-order valence-electron chi connectivity index (χ3n) is 5.09. The van der Waals surface area contributed by atoms with Crippen molar-refractivity contribution in [2.45, 2.75) is 69.8 Å². The Bertz CT molecular complexity index is 518. The molecule has 2 radical (unpaired) electrons. The minimum atomic E-state index is -1.30. The maximum atomic E-state index is 2.63. The lowest BCUT2D eigenvalue weighted by atomic mass is 10.1.